The van der Waals surface area contributed by atoms with Crippen molar-refractivity contribution in [2.75, 3.05) is 33.8 Å². The van der Waals surface area contributed by atoms with Crippen LogP contribution in [-0.2, 0) is 0 Å². The number of aliphatic hydroxyl groups excluding tert-OH is 1. The number of likely N-dealkylation sites (N-methyl/N-ethyl adjacent to an activating group) is 1. The highest BCUT2D eigenvalue weighted by atomic mass is 35.5. The lowest BCUT2D eigenvalue weighted by molar-refractivity contribution is 0.0405. The zero-order valence-electron chi connectivity index (χ0n) is 14.6. The number of hydrogen-bond donors (Lipinski definition) is 1. The number of benzene rings is 1. The lowest BCUT2D eigenvalue weighted by Crippen LogP contribution is -2.48. The summed E-state index contributed by atoms with van der Waals surface area (Å²) < 4.78 is 5.69. The van der Waals surface area contributed by atoms with Crippen LogP contribution in [-0.4, -0.2) is 66.9 Å². The Morgan fingerprint density at radius 2 is 2.22 bits per heavy atom. The first-order valence-electron chi connectivity index (χ1n) is 8.34. The fraction of sp³-hybridized carbons (Fsp3) is 0.667. The molecule has 0 aromatic heterocycles. The molecule has 1 aliphatic rings. The van der Waals surface area contributed by atoms with Crippen molar-refractivity contribution in [3.63, 3.8) is 0 Å². The summed E-state index contributed by atoms with van der Waals surface area (Å²) in [5.74, 6) is 0.640. The molecule has 130 valence electrons. The third-order valence-corrected chi connectivity index (χ3v) is 5.13. The maximum absolute atomic E-state index is 10.3. The summed E-state index contributed by atoms with van der Waals surface area (Å²) in [6.07, 6.45) is 1.77. The van der Waals surface area contributed by atoms with E-state index < -0.39 is 6.10 Å². The van der Waals surface area contributed by atoms with Crippen LogP contribution in [0.15, 0.2) is 18.2 Å². The predicted octanol–water partition coefficient (Wildman–Crippen LogP) is 2.80. The van der Waals surface area contributed by atoms with Gasteiger partial charge < -0.3 is 19.6 Å². The van der Waals surface area contributed by atoms with Gasteiger partial charge in [0, 0.05) is 18.6 Å². The number of rotatable bonds is 6. The summed E-state index contributed by atoms with van der Waals surface area (Å²) >= 11 is 6.12. The fourth-order valence-electron chi connectivity index (χ4n) is 3.11. The van der Waals surface area contributed by atoms with Gasteiger partial charge in [0.2, 0.25) is 0 Å². The molecule has 1 saturated heterocycles. The summed E-state index contributed by atoms with van der Waals surface area (Å²) in [6, 6.07) is 6.79. The predicted molar refractivity (Wildman–Crippen MR) is 95.4 cm³/mol. The normalized spacial score (nSPS) is 24.0. The van der Waals surface area contributed by atoms with Crippen molar-refractivity contribution >= 4 is 11.6 Å². The summed E-state index contributed by atoms with van der Waals surface area (Å²) in [4.78, 5) is 4.65. The molecule has 0 saturated carbocycles. The Morgan fingerprint density at radius 3 is 2.91 bits per heavy atom. The Bertz CT molecular complexity index is 512. The molecule has 1 aliphatic heterocycles. The van der Waals surface area contributed by atoms with Crippen molar-refractivity contribution in [2.24, 2.45) is 0 Å². The number of likely N-dealkylation sites (tertiary alicyclic amines) is 1. The molecule has 2 rings (SSSR count). The molecule has 1 aromatic rings. The maximum atomic E-state index is 10.3. The van der Waals surface area contributed by atoms with Gasteiger partial charge in [-0.25, -0.2) is 0 Å². The summed E-state index contributed by atoms with van der Waals surface area (Å²) in [5.41, 5.74) is 1.09. The highest BCUT2D eigenvalue weighted by molar-refractivity contribution is 6.32. The molecule has 1 heterocycles. The smallest absolute Gasteiger partial charge is 0.138 e. The second kappa shape index (κ2) is 8.34. The number of ether oxygens (including phenoxy) is 1. The maximum Gasteiger partial charge on any atom is 0.138 e. The van der Waals surface area contributed by atoms with Gasteiger partial charge in [-0.15, -0.1) is 0 Å². The van der Waals surface area contributed by atoms with E-state index in [1.165, 1.54) is 0 Å². The van der Waals surface area contributed by atoms with Crippen LogP contribution in [0.4, 0.5) is 0 Å². The third kappa shape index (κ3) is 5.35. The Balaban J connectivity index is 1.80. The largest absolute Gasteiger partial charge is 0.489 e. The van der Waals surface area contributed by atoms with Crippen molar-refractivity contribution in [3.8, 4) is 5.75 Å². The van der Waals surface area contributed by atoms with Gasteiger partial charge in [0.1, 0.15) is 18.5 Å². The van der Waals surface area contributed by atoms with E-state index in [0.717, 1.165) is 24.9 Å². The van der Waals surface area contributed by atoms with Crippen LogP contribution in [0, 0.1) is 6.92 Å². The molecule has 0 unspecified atom stereocenters. The zero-order valence-corrected chi connectivity index (χ0v) is 15.4. The van der Waals surface area contributed by atoms with E-state index in [2.05, 4.69) is 30.8 Å². The summed E-state index contributed by atoms with van der Waals surface area (Å²) in [6.45, 7) is 6.25. The number of piperidine rings is 1. The molecule has 5 heteroatoms. The second-order valence-corrected chi connectivity index (χ2v) is 7.25. The zero-order chi connectivity index (χ0) is 17.0. The Hall–Kier alpha value is -0.810. The minimum Gasteiger partial charge on any atom is -0.489 e. The first kappa shape index (κ1) is 18.5. The van der Waals surface area contributed by atoms with Crippen molar-refractivity contribution in [1.29, 1.82) is 0 Å². The lowest BCUT2D eigenvalue weighted by atomic mass is 9.97. The average Bonchev–Trinajstić information content (AvgIpc) is 2.50. The highest BCUT2D eigenvalue weighted by Crippen LogP contribution is 2.25. The molecule has 1 N–H and O–H groups in total. The minimum absolute atomic E-state index is 0.260. The molecule has 0 spiro atoms. The molecule has 3 atom stereocenters. The second-order valence-electron chi connectivity index (χ2n) is 6.85. The monoisotopic (exact) mass is 340 g/mol. The third-order valence-electron chi connectivity index (χ3n) is 4.82. The lowest BCUT2D eigenvalue weighted by Gasteiger charge is -2.39. The van der Waals surface area contributed by atoms with E-state index in [4.69, 9.17) is 16.3 Å². The van der Waals surface area contributed by atoms with E-state index in [1.54, 1.807) is 0 Å². The van der Waals surface area contributed by atoms with Crippen LogP contribution < -0.4 is 4.74 Å². The Labute approximate surface area is 145 Å². The van der Waals surface area contributed by atoms with Crippen molar-refractivity contribution in [3.05, 3.63) is 28.8 Å². The van der Waals surface area contributed by atoms with Gasteiger partial charge in [-0.2, -0.15) is 0 Å². The average molecular weight is 341 g/mol. The molecule has 0 radical (unpaired) electrons. The number of aryl methyl sites for hydroxylation is 1. The summed E-state index contributed by atoms with van der Waals surface area (Å²) in [7, 11) is 4.26. The van der Waals surface area contributed by atoms with Gasteiger partial charge in [-0.05, 0) is 65.0 Å². The van der Waals surface area contributed by atoms with Gasteiger partial charge >= 0.3 is 0 Å². The molecule has 1 aromatic carbocycles. The molecule has 0 amide bonds. The van der Waals surface area contributed by atoms with Gasteiger partial charge in [-0.3, -0.25) is 0 Å². The molecule has 1 fully saturated rings. The summed E-state index contributed by atoms with van der Waals surface area (Å²) in [5, 5.41) is 10.9. The Morgan fingerprint density at radius 1 is 1.48 bits per heavy atom. The van der Waals surface area contributed by atoms with Crippen LogP contribution in [0.3, 0.4) is 0 Å². The van der Waals surface area contributed by atoms with Crippen LogP contribution in [0.25, 0.3) is 0 Å². The number of halogens is 1. The van der Waals surface area contributed by atoms with Gasteiger partial charge in [0.05, 0.1) is 5.02 Å². The molecular weight excluding hydrogens is 312 g/mol. The first-order valence-corrected chi connectivity index (χ1v) is 8.72. The van der Waals surface area contributed by atoms with E-state index in [0.29, 0.717) is 29.4 Å². The van der Waals surface area contributed by atoms with Crippen molar-refractivity contribution in [2.45, 2.75) is 44.9 Å². The fourth-order valence-corrected chi connectivity index (χ4v) is 3.28. The molecule has 4 nitrogen and oxygen atoms in total. The molecule has 23 heavy (non-hydrogen) atoms. The first-order chi connectivity index (χ1) is 10.9. The topological polar surface area (TPSA) is 35.9 Å². The van der Waals surface area contributed by atoms with Crippen molar-refractivity contribution in [1.82, 2.24) is 9.80 Å². The Kier molecular flexibility index (Phi) is 6.72. The van der Waals surface area contributed by atoms with E-state index in [1.807, 2.05) is 25.1 Å². The van der Waals surface area contributed by atoms with E-state index >= 15 is 0 Å². The highest BCUT2D eigenvalue weighted by Gasteiger charge is 2.26. The van der Waals surface area contributed by atoms with Gasteiger partial charge in [0.25, 0.3) is 0 Å². The standard InChI is InChI=1S/C18H29ClN2O2/c1-13-5-6-17(19)18(9-13)23-12-16(22)11-21(4)15-7-8-20(3)14(2)10-15/h5-6,9,14-16,22H,7-8,10-12H2,1-4H3/t14-,15+,16-/m1/s1. The van der Waals surface area contributed by atoms with Gasteiger partial charge in [0.15, 0.2) is 0 Å². The minimum atomic E-state index is -0.522. The van der Waals surface area contributed by atoms with E-state index in [9.17, 15) is 5.11 Å². The SMILES string of the molecule is Cc1ccc(Cl)c(OC[C@H](O)CN(C)[C@H]2CCN(C)[C@H](C)C2)c1. The van der Waals surface area contributed by atoms with Crippen LogP contribution in [0.5, 0.6) is 5.75 Å². The molecular formula is C18H29ClN2O2. The van der Waals surface area contributed by atoms with Gasteiger partial charge in [-0.1, -0.05) is 17.7 Å². The van der Waals surface area contributed by atoms with Crippen LogP contribution in [0.1, 0.15) is 25.3 Å². The number of nitrogens with zero attached hydrogens (tertiary/aromatic N) is 2. The molecule has 0 bridgehead atoms. The number of hydrogen-bond acceptors (Lipinski definition) is 4. The number of aliphatic hydroxyl groups is 1. The molecule has 0 aliphatic carbocycles. The van der Waals surface area contributed by atoms with E-state index in [-0.39, 0.29) is 6.61 Å². The van der Waals surface area contributed by atoms with Crippen molar-refractivity contribution < 1.29 is 9.84 Å². The van der Waals surface area contributed by atoms with Crippen LogP contribution in [0.2, 0.25) is 5.02 Å². The quantitative estimate of drug-likeness (QED) is 0.863. The van der Waals surface area contributed by atoms with Crippen LogP contribution >= 0.6 is 11.6 Å².